The fourth-order valence-electron chi connectivity index (χ4n) is 0.938. The predicted molar refractivity (Wildman–Crippen MR) is 57.1 cm³/mol. The van der Waals surface area contributed by atoms with Crippen molar-refractivity contribution in [2.45, 2.75) is 26.3 Å². The molecule has 0 aromatic rings. The molecule has 0 aliphatic heterocycles. The smallest absolute Gasteiger partial charge is 0.323 e. The lowest BCUT2D eigenvalue weighted by Crippen LogP contribution is -2.40. The highest BCUT2D eigenvalue weighted by Crippen LogP contribution is 1.99. The molecule has 0 spiro atoms. The van der Waals surface area contributed by atoms with Crippen LogP contribution in [0.15, 0.2) is 0 Å². The summed E-state index contributed by atoms with van der Waals surface area (Å²) in [5.41, 5.74) is 0. The Labute approximate surface area is 84.6 Å². The van der Waals surface area contributed by atoms with E-state index in [2.05, 4.69) is 12.2 Å². The number of rotatable bonds is 7. The molecule has 1 atom stereocenters. The van der Waals surface area contributed by atoms with Gasteiger partial charge in [-0.25, -0.2) is 0 Å². The Kier molecular flexibility index (Phi) is 8.24. The van der Waals surface area contributed by atoms with Crippen LogP contribution in [0.4, 0.5) is 0 Å². The quantitative estimate of drug-likeness (QED) is 0.635. The highest BCUT2D eigenvalue weighted by Gasteiger charge is 2.17. The van der Waals surface area contributed by atoms with Crippen LogP contribution in [0.1, 0.15) is 20.3 Å². The van der Waals surface area contributed by atoms with Gasteiger partial charge >= 0.3 is 5.97 Å². The van der Waals surface area contributed by atoms with Gasteiger partial charge in [0.05, 0.1) is 6.61 Å². The first-order chi connectivity index (χ1) is 6.26. The lowest BCUT2D eigenvalue weighted by Gasteiger charge is -2.15. The molecule has 0 aromatic heterocycles. The summed E-state index contributed by atoms with van der Waals surface area (Å²) in [6, 6.07) is -0.144. The Morgan fingerprint density at radius 1 is 1.54 bits per heavy atom. The normalized spacial score (nSPS) is 12.5. The molecule has 0 heterocycles. The summed E-state index contributed by atoms with van der Waals surface area (Å²) in [5, 5.41) is 3.16. The van der Waals surface area contributed by atoms with Crippen molar-refractivity contribution in [2.75, 3.05) is 25.2 Å². The van der Waals surface area contributed by atoms with Crippen molar-refractivity contribution in [2.24, 2.45) is 0 Å². The minimum atomic E-state index is -0.144. The summed E-state index contributed by atoms with van der Waals surface area (Å²) in [4.78, 5) is 11.3. The summed E-state index contributed by atoms with van der Waals surface area (Å²) in [7, 11) is 0. The van der Waals surface area contributed by atoms with Crippen molar-refractivity contribution in [3.05, 3.63) is 0 Å². The van der Waals surface area contributed by atoms with Crippen molar-refractivity contribution >= 4 is 17.7 Å². The van der Waals surface area contributed by atoms with Crippen molar-refractivity contribution in [3.8, 4) is 0 Å². The molecule has 13 heavy (non-hydrogen) atoms. The summed E-state index contributed by atoms with van der Waals surface area (Å²) in [6.45, 7) is 5.23. The van der Waals surface area contributed by atoms with Crippen LogP contribution in [0.2, 0.25) is 0 Å². The zero-order valence-electron chi connectivity index (χ0n) is 8.63. The molecule has 4 heteroatoms. The van der Waals surface area contributed by atoms with E-state index < -0.39 is 0 Å². The van der Waals surface area contributed by atoms with Gasteiger partial charge in [-0.05, 0) is 26.1 Å². The van der Waals surface area contributed by atoms with Crippen molar-refractivity contribution in [1.82, 2.24) is 5.32 Å². The van der Waals surface area contributed by atoms with E-state index in [4.69, 9.17) is 4.74 Å². The Morgan fingerprint density at radius 3 is 2.69 bits per heavy atom. The third-order valence-electron chi connectivity index (χ3n) is 1.55. The standard InChI is InChI=1S/C9H19NO2S/c1-4-6-10-8(7-13-3)9(11)12-5-2/h8,10H,4-7H2,1-3H3. The monoisotopic (exact) mass is 205 g/mol. The van der Waals surface area contributed by atoms with Crippen LogP contribution in [0.5, 0.6) is 0 Å². The molecule has 1 N–H and O–H groups in total. The van der Waals surface area contributed by atoms with E-state index in [0.29, 0.717) is 6.61 Å². The molecule has 0 radical (unpaired) electrons. The number of hydrogen-bond donors (Lipinski definition) is 1. The molecule has 0 aliphatic rings. The van der Waals surface area contributed by atoms with Gasteiger partial charge in [0.25, 0.3) is 0 Å². The molecule has 0 aliphatic carbocycles. The Morgan fingerprint density at radius 2 is 2.23 bits per heavy atom. The molecule has 0 saturated carbocycles. The second-order valence-corrected chi connectivity index (χ2v) is 3.62. The van der Waals surface area contributed by atoms with Crippen LogP contribution in [0.25, 0.3) is 0 Å². The number of esters is 1. The third-order valence-corrected chi connectivity index (χ3v) is 2.21. The summed E-state index contributed by atoms with van der Waals surface area (Å²) >= 11 is 1.65. The molecular formula is C9H19NO2S. The molecule has 0 fully saturated rings. The number of nitrogens with one attached hydrogen (secondary N) is 1. The van der Waals surface area contributed by atoms with E-state index >= 15 is 0 Å². The van der Waals surface area contributed by atoms with E-state index in [-0.39, 0.29) is 12.0 Å². The van der Waals surface area contributed by atoms with Crippen molar-refractivity contribution < 1.29 is 9.53 Å². The SMILES string of the molecule is CCCNC(CSC)C(=O)OCC. The van der Waals surface area contributed by atoms with Gasteiger partial charge in [-0.1, -0.05) is 6.92 Å². The number of carbonyl (C=O) groups is 1. The zero-order valence-corrected chi connectivity index (χ0v) is 9.45. The van der Waals surface area contributed by atoms with Gasteiger partial charge in [0.2, 0.25) is 0 Å². The second kappa shape index (κ2) is 8.38. The van der Waals surface area contributed by atoms with E-state index in [1.54, 1.807) is 11.8 Å². The van der Waals surface area contributed by atoms with Crippen LogP contribution in [-0.4, -0.2) is 37.2 Å². The van der Waals surface area contributed by atoms with Gasteiger partial charge in [0.15, 0.2) is 0 Å². The van der Waals surface area contributed by atoms with Crippen LogP contribution < -0.4 is 5.32 Å². The molecular weight excluding hydrogens is 186 g/mol. The highest BCUT2D eigenvalue weighted by molar-refractivity contribution is 7.98. The van der Waals surface area contributed by atoms with Gasteiger partial charge in [0, 0.05) is 5.75 Å². The average molecular weight is 205 g/mol. The van der Waals surface area contributed by atoms with E-state index in [1.165, 1.54) is 0 Å². The molecule has 78 valence electrons. The number of hydrogen-bond acceptors (Lipinski definition) is 4. The average Bonchev–Trinajstić information content (AvgIpc) is 2.12. The van der Waals surface area contributed by atoms with Gasteiger partial charge in [-0.2, -0.15) is 11.8 Å². The first-order valence-corrected chi connectivity index (χ1v) is 6.04. The molecule has 0 amide bonds. The topological polar surface area (TPSA) is 38.3 Å². The third kappa shape index (κ3) is 5.93. The van der Waals surface area contributed by atoms with Gasteiger partial charge in [-0.15, -0.1) is 0 Å². The minimum absolute atomic E-state index is 0.134. The van der Waals surface area contributed by atoms with E-state index in [0.717, 1.165) is 18.7 Å². The maximum Gasteiger partial charge on any atom is 0.323 e. The number of ether oxygens (including phenoxy) is 1. The Hall–Kier alpha value is -0.220. The predicted octanol–water partition coefficient (Wildman–Crippen LogP) is 1.28. The molecule has 0 saturated heterocycles. The van der Waals surface area contributed by atoms with Crippen LogP contribution in [0, 0.1) is 0 Å². The van der Waals surface area contributed by atoms with Crippen LogP contribution >= 0.6 is 11.8 Å². The fraction of sp³-hybridized carbons (Fsp3) is 0.889. The van der Waals surface area contributed by atoms with E-state index in [1.807, 2.05) is 13.2 Å². The first-order valence-electron chi connectivity index (χ1n) is 4.65. The lowest BCUT2D eigenvalue weighted by atomic mass is 10.3. The molecule has 3 nitrogen and oxygen atoms in total. The van der Waals surface area contributed by atoms with E-state index in [9.17, 15) is 4.79 Å². The number of thioether (sulfide) groups is 1. The minimum Gasteiger partial charge on any atom is -0.465 e. The lowest BCUT2D eigenvalue weighted by molar-refractivity contribution is -0.144. The van der Waals surface area contributed by atoms with Crippen LogP contribution in [-0.2, 0) is 9.53 Å². The Bertz CT molecular complexity index is 142. The zero-order chi connectivity index (χ0) is 10.1. The molecule has 1 unspecified atom stereocenters. The Balaban J connectivity index is 3.83. The maximum absolute atomic E-state index is 11.3. The maximum atomic E-state index is 11.3. The first kappa shape index (κ1) is 12.8. The van der Waals surface area contributed by atoms with Crippen LogP contribution in [0.3, 0.4) is 0 Å². The van der Waals surface area contributed by atoms with Gasteiger partial charge < -0.3 is 10.1 Å². The van der Waals surface area contributed by atoms with Crippen molar-refractivity contribution in [3.63, 3.8) is 0 Å². The summed E-state index contributed by atoms with van der Waals surface area (Å²) in [6.07, 6.45) is 3.02. The number of carbonyl (C=O) groups excluding carboxylic acids is 1. The summed E-state index contributed by atoms with van der Waals surface area (Å²) < 4.78 is 4.94. The highest BCUT2D eigenvalue weighted by atomic mass is 32.2. The van der Waals surface area contributed by atoms with Gasteiger partial charge in [0.1, 0.15) is 6.04 Å². The molecule has 0 bridgehead atoms. The largest absolute Gasteiger partial charge is 0.465 e. The fourth-order valence-corrected chi connectivity index (χ4v) is 1.53. The molecule has 0 rings (SSSR count). The van der Waals surface area contributed by atoms with Crippen molar-refractivity contribution in [1.29, 1.82) is 0 Å². The second-order valence-electron chi connectivity index (χ2n) is 2.71. The van der Waals surface area contributed by atoms with Gasteiger partial charge in [-0.3, -0.25) is 4.79 Å². The molecule has 0 aromatic carbocycles. The summed E-state index contributed by atoms with van der Waals surface area (Å²) in [5.74, 6) is 0.643.